The third kappa shape index (κ3) is 1.66. The van der Waals surface area contributed by atoms with E-state index < -0.39 is 0 Å². The van der Waals surface area contributed by atoms with Crippen LogP contribution in [-0.4, -0.2) is 21.2 Å². The van der Waals surface area contributed by atoms with E-state index in [9.17, 15) is 0 Å². The Labute approximate surface area is 74.2 Å². The van der Waals surface area contributed by atoms with E-state index in [1.54, 1.807) is 7.38 Å². The summed E-state index contributed by atoms with van der Waals surface area (Å²) in [4.78, 5) is 0. The molecule has 46 valence electrons. The standard InChI is InChI=1S/C5H7ISSe/c1-7-5-4(6)2-3-8-5/h2-3H2,1H3. The summed E-state index contributed by atoms with van der Waals surface area (Å²) in [5, 5.41) is 1.45. The van der Waals surface area contributed by atoms with Crippen LogP contribution < -0.4 is 0 Å². The summed E-state index contributed by atoms with van der Waals surface area (Å²) in [5.41, 5.74) is 0. The topological polar surface area (TPSA) is 0 Å². The minimum atomic E-state index is 0.843. The third-order valence-corrected chi connectivity index (χ3v) is 7.43. The van der Waals surface area contributed by atoms with Gasteiger partial charge in [-0.1, -0.05) is 0 Å². The molecule has 0 saturated heterocycles. The van der Waals surface area contributed by atoms with Gasteiger partial charge in [-0.2, -0.15) is 0 Å². The van der Waals surface area contributed by atoms with Gasteiger partial charge in [0.25, 0.3) is 0 Å². The third-order valence-electron chi connectivity index (χ3n) is 0.962. The molecule has 0 aliphatic carbocycles. The van der Waals surface area contributed by atoms with Gasteiger partial charge in [-0.05, 0) is 0 Å². The van der Waals surface area contributed by atoms with Crippen molar-refractivity contribution in [1.82, 2.24) is 0 Å². The first-order valence-corrected chi connectivity index (χ1v) is 6.77. The average molecular weight is 305 g/mol. The van der Waals surface area contributed by atoms with E-state index in [1.165, 1.54) is 11.7 Å². The number of thioether (sulfide) groups is 1. The van der Waals surface area contributed by atoms with Crippen LogP contribution in [0.5, 0.6) is 0 Å². The van der Waals surface area contributed by atoms with Crippen LogP contribution in [0, 0.1) is 0 Å². The van der Waals surface area contributed by atoms with Crippen LogP contribution in [0.2, 0.25) is 5.32 Å². The van der Waals surface area contributed by atoms with Crippen LogP contribution in [0.1, 0.15) is 6.42 Å². The second-order valence-corrected chi connectivity index (χ2v) is 6.52. The molecule has 0 radical (unpaired) electrons. The van der Waals surface area contributed by atoms with Crippen molar-refractivity contribution in [3.05, 3.63) is 7.38 Å². The Bertz CT molecular complexity index is 122. The summed E-state index contributed by atoms with van der Waals surface area (Å²) < 4.78 is 3.30. The van der Waals surface area contributed by atoms with Gasteiger partial charge in [0, 0.05) is 0 Å². The summed E-state index contributed by atoms with van der Waals surface area (Å²) in [6.07, 6.45) is 3.54. The van der Waals surface area contributed by atoms with E-state index in [-0.39, 0.29) is 0 Å². The van der Waals surface area contributed by atoms with E-state index in [0.29, 0.717) is 0 Å². The second kappa shape index (κ2) is 3.49. The quantitative estimate of drug-likeness (QED) is 0.530. The van der Waals surface area contributed by atoms with Crippen LogP contribution in [0.4, 0.5) is 0 Å². The van der Waals surface area contributed by atoms with Gasteiger partial charge in [0.05, 0.1) is 0 Å². The van der Waals surface area contributed by atoms with E-state index in [0.717, 1.165) is 15.0 Å². The van der Waals surface area contributed by atoms with Crippen molar-refractivity contribution >= 4 is 49.3 Å². The van der Waals surface area contributed by atoms with Crippen molar-refractivity contribution in [3.8, 4) is 0 Å². The van der Waals surface area contributed by atoms with Gasteiger partial charge in [-0.3, -0.25) is 0 Å². The van der Waals surface area contributed by atoms with Gasteiger partial charge >= 0.3 is 74.7 Å². The Balaban J connectivity index is 2.58. The van der Waals surface area contributed by atoms with Gasteiger partial charge in [0.1, 0.15) is 0 Å². The molecule has 0 aromatic rings. The molecule has 0 amide bonds. The summed E-state index contributed by atoms with van der Waals surface area (Å²) in [6, 6.07) is 0. The van der Waals surface area contributed by atoms with Crippen LogP contribution in [0.15, 0.2) is 7.38 Å². The first-order valence-electron chi connectivity index (χ1n) is 2.40. The van der Waals surface area contributed by atoms with E-state index >= 15 is 0 Å². The van der Waals surface area contributed by atoms with Gasteiger partial charge in [-0.25, -0.2) is 0 Å². The predicted octanol–water partition coefficient (Wildman–Crippen LogP) is 2.48. The molecule has 1 heterocycles. The van der Waals surface area contributed by atoms with E-state index in [2.05, 4.69) is 28.8 Å². The first kappa shape index (κ1) is 7.45. The summed E-state index contributed by atoms with van der Waals surface area (Å²) in [7, 11) is 0. The number of rotatable bonds is 1. The van der Waals surface area contributed by atoms with Crippen LogP contribution in [0.25, 0.3) is 0 Å². The van der Waals surface area contributed by atoms with Gasteiger partial charge in [0.15, 0.2) is 0 Å². The molecule has 3 heteroatoms. The molecule has 0 unspecified atom stereocenters. The monoisotopic (exact) mass is 306 g/mol. The molecule has 8 heavy (non-hydrogen) atoms. The second-order valence-electron chi connectivity index (χ2n) is 1.49. The molecule has 0 nitrogen and oxygen atoms in total. The zero-order valence-corrected chi connectivity index (χ0v) is 9.30. The number of hydrogen-bond acceptors (Lipinski definition) is 1. The predicted molar refractivity (Wildman–Crippen MR) is 49.7 cm³/mol. The fourth-order valence-corrected chi connectivity index (χ4v) is 6.34. The Morgan fingerprint density at radius 3 is 2.75 bits per heavy atom. The maximum atomic E-state index is 2.47. The fraction of sp³-hybridized carbons (Fsp3) is 0.600. The Hall–Kier alpha value is 1.34. The molecule has 0 saturated carbocycles. The molecule has 0 aromatic heterocycles. The van der Waals surface area contributed by atoms with Crippen molar-refractivity contribution in [2.45, 2.75) is 11.7 Å². The zero-order valence-electron chi connectivity index (χ0n) is 4.61. The summed E-state index contributed by atoms with van der Waals surface area (Å²) >= 11 is 5.25. The Morgan fingerprint density at radius 1 is 1.75 bits per heavy atom. The van der Waals surface area contributed by atoms with Crippen molar-refractivity contribution < 1.29 is 0 Å². The van der Waals surface area contributed by atoms with Crippen LogP contribution in [0.3, 0.4) is 0 Å². The molecule has 0 aromatic carbocycles. The Morgan fingerprint density at radius 2 is 2.50 bits per heavy atom. The van der Waals surface area contributed by atoms with E-state index in [1.807, 2.05) is 11.8 Å². The Kier molecular flexibility index (Phi) is 3.25. The van der Waals surface area contributed by atoms with Crippen molar-refractivity contribution in [2.75, 3.05) is 6.26 Å². The molecule has 0 fully saturated rings. The molecular weight excluding hydrogens is 298 g/mol. The molecule has 0 atom stereocenters. The first-order chi connectivity index (χ1) is 3.84. The maximum absolute atomic E-state index is 2.47. The normalized spacial score (nSPS) is 20.2. The van der Waals surface area contributed by atoms with Gasteiger partial charge in [0.2, 0.25) is 0 Å². The summed E-state index contributed by atoms with van der Waals surface area (Å²) in [6.45, 7) is 0. The van der Waals surface area contributed by atoms with Gasteiger partial charge < -0.3 is 0 Å². The molecule has 0 spiro atoms. The molecule has 0 N–H and O–H groups in total. The summed E-state index contributed by atoms with van der Waals surface area (Å²) in [5.74, 6) is 0. The number of hydrogen-bond donors (Lipinski definition) is 0. The zero-order chi connectivity index (χ0) is 5.98. The molecule has 1 rings (SSSR count). The number of allylic oxidation sites excluding steroid dienone is 1. The minimum absolute atomic E-state index is 0.843. The molecule has 0 bridgehead atoms. The SMILES string of the molecule is CSC1=C(I)CC[Se]1. The molecule has 1 aliphatic heterocycles. The molecule has 1 aliphatic rings. The van der Waals surface area contributed by atoms with Gasteiger partial charge in [-0.15, -0.1) is 0 Å². The van der Waals surface area contributed by atoms with E-state index in [4.69, 9.17) is 0 Å². The van der Waals surface area contributed by atoms with Crippen molar-refractivity contribution in [3.63, 3.8) is 0 Å². The number of halogens is 1. The van der Waals surface area contributed by atoms with Crippen LogP contribution in [-0.2, 0) is 0 Å². The van der Waals surface area contributed by atoms with Crippen LogP contribution >= 0.6 is 34.4 Å². The fourth-order valence-electron chi connectivity index (χ4n) is 0.583. The van der Waals surface area contributed by atoms with Crippen molar-refractivity contribution in [1.29, 1.82) is 0 Å². The molecular formula is C5H7ISSe. The average Bonchev–Trinajstić information content (AvgIpc) is 2.14. The van der Waals surface area contributed by atoms with Crippen molar-refractivity contribution in [2.24, 2.45) is 0 Å².